The van der Waals surface area contributed by atoms with E-state index < -0.39 is 0 Å². The number of likely N-dealkylation sites (N-methyl/N-ethyl adjacent to an activating group) is 1. The highest BCUT2D eigenvalue weighted by Crippen LogP contribution is 2.65. The lowest BCUT2D eigenvalue weighted by Gasteiger charge is -2.60. The van der Waals surface area contributed by atoms with Crippen LogP contribution in [0.3, 0.4) is 0 Å². The molecule has 7 heteroatoms. The molecule has 4 aliphatic rings. The van der Waals surface area contributed by atoms with E-state index in [-0.39, 0.29) is 35.4 Å². The Balaban J connectivity index is 1.45. The van der Waals surface area contributed by atoms with Crippen LogP contribution in [0.2, 0.25) is 0 Å². The van der Waals surface area contributed by atoms with Gasteiger partial charge in [0.05, 0.1) is 13.2 Å². The van der Waals surface area contributed by atoms with E-state index in [9.17, 15) is 9.59 Å². The van der Waals surface area contributed by atoms with Crippen molar-refractivity contribution in [2.75, 3.05) is 27.2 Å². The maximum atomic E-state index is 13.9. The molecule has 216 valence electrons. The van der Waals surface area contributed by atoms with Crippen molar-refractivity contribution in [1.29, 1.82) is 0 Å². The zero-order chi connectivity index (χ0) is 29.1. The molecule has 2 fully saturated rings. The van der Waals surface area contributed by atoms with Crippen molar-refractivity contribution >= 4 is 11.9 Å². The van der Waals surface area contributed by atoms with Gasteiger partial charge in [-0.2, -0.15) is 0 Å². The summed E-state index contributed by atoms with van der Waals surface area (Å²) in [5, 5.41) is 0. The van der Waals surface area contributed by atoms with Crippen LogP contribution in [0.5, 0.6) is 17.2 Å². The number of hydrogen-bond acceptors (Lipinski definition) is 6. The van der Waals surface area contributed by atoms with Gasteiger partial charge in [0, 0.05) is 53.6 Å². The molecule has 2 aromatic rings. The largest absolute Gasteiger partial charge is 0.493 e. The standard InChI is InChI=1S/C34H40N2O5/c1-20(2)19-36(30(38)13-10-23-9-7-8-21(3)16-23)26-12-11-25-27-17-24-28(40-22(4)37)18-29(39-6)32-31(24)34(25,33(26)41-32)14-15-35(27)5/h7-9,16,18,20,25-27,33H,11-12,14-15,17,19H2,1-6H3/t25-,26-,27+,33-,34-/m0/s1. The Morgan fingerprint density at radius 1 is 1.22 bits per heavy atom. The molecule has 0 unspecified atom stereocenters. The fourth-order valence-corrected chi connectivity index (χ4v) is 8.15. The van der Waals surface area contributed by atoms with Crippen molar-refractivity contribution < 1.29 is 23.8 Å². The monoisotopic (exact) mass is 556 g/mol. The number of carbonyl (C=O) groups excluding carboxylic acids is 2. The molecule has 2 aromatic carbocycles. The van der Waals surface area contributed by atoms with Gasteiger partial charge in [0.1, 0.15) is 11.9 Å². The Kier molecular flexibility index (Phi) is 7.02. The van der Waals surface area contributed by atoms with Gasteiger partial charge in [-0.25, -0.2) is 0 Å². The fraction of sp³-hybridized carbons (Fsp3) is 0.529. The van der Waals surface area contributed by atoms with Crippen LogP contribution in [0.1, 0.15) is 62.3 Å². The number of benzene rings is 2. The summed E-state index contributed by atoms with van der Waals surface area (Å²) in [6, 6.07) is 9.93. The summed E-state index contributed by atoms with van der Waals surface area (Å²) in [6.07, 6.45) is 3.34. The minimum atomic E-state index is -0.348. The highest BCUT2D eigenvalue weighted by molar-refractivity contribution is 5.94. The van der Waals surface area contributed by atoms with Crippen molar-refractivity contribution in [2.24, 2.45) is 11.8 Å². The van der Waals surface area contributed by atoms with Gasteiger partial charge in [-0.15, -0.1) is 0 Å². The summed E-state index contributed by atoms with van der Waals surface area (Å²) in [7, 11) is 3.83. The van der Waals surface area contributed by atoms with Crippen molar-refractivity contribution in [2.45, 2.75) is 77.0 Å². The summed E-state index contributed by atoms with van der Waals surface area (Å²) in [4.78, 5) is 30.5. The van der Waals surface area contributed by atoms with E-state index in [2.05, 4.69) is 37.6 Å². The van der Waals surface area contributed by atoms with E-state index in [4.69, 9.17) is 14.2 Å². The lowest BCUT2D eigenvalue weighted by Crippen LogP contribution is -2.68. The Bertz CT molecular complexity index is 1450. The Labute approximate surface area is 243 Å². The first-order valence-corrected chi connectivity index (χ1v) is 14.8. The highest BCUT2D eigenvalue weighted by Gasteiger charge is 2.67. The summed E-state index contributed by atoms with van der Waals surface area (Å²) < 4.78 is 18.6. The van der Waals surface area contributed by atoms with E-state index in [0.717, 1.165) is 60.2 Å². The van der Waals surface area contributed by atoms with Crippen LogP contribution < -0.4 is 14.2 Å². The van der Waals surface area contributed by atoms with Gasteiger partial charge >= 0.3 is 5.97 Å². The predicted octanol–water partition coefficient (Wildman–Crippen LogP) is 4.50. The third kappa shape index (κ3) is 4.48. The lowest BCUT2D eigenvalue weighted by molar-refractivity contribution is -0.137. The lowest BCUT2D eigenvalue weighted by atomic mass is 9.51. The molecule has 0 aromatic heterocycles. The average molecular weight is 557 g/mol. The third-order valence-electron chi connectivity index (χ3n) is 9.67. The first-order chi connectivity index (χ1) is 19.6. The van der Waals surface area contributed by atoms with Crippen LogP contribution in [0.25, 0.3) is 0 Å². The van der Waals surface area contributed by atoms with Crippen LogP contribution in [0.4, 0.5) is 0 Å². The number of methoxy groups -OCH3 is 1. The number of aryl methyl sites for hydroxylation is 1. The summed E-state index contributed by atoms with van der Waals surface area (Å²) in [6.45, 7) is 9.29. The molecule has 1 saturated carbocycles. The van der Waals surface area contributed by atoms with Gasteiger partial charge in [-0.1, -0.05) is 31.9 Å². The summed E-state index contributed by atoms with van der Waals surface area (Å²) in [5.41, 5.74) is 3.86. The summed E-state index contributed by atoms with van der Waals surface area (Å²) in [5.74, 6) is 8.14. The minimum Gasteiger partial charge on any atom is -0.493 e. The maximum Gasteiger partial charge on any atom is 0.308 e. The van der Waals surface area contributed by atoms with Crippen LogP contribution >= 0.6 is 0 Å². The van der Waals surface area contributed by atoms with Crippen LogP contribution in [0.15, 0.2) is 30.3 Å². The second-order valence-corrected chi connectivity index (χ2v) is 12.7. The van der Waals surface area contributed by atoms with E-state index in [1.165, 1.54) is 6.92 Å². The zero-order valence-electron chi connectivity index (χ0n) is 25.0. The number of nitrogens with zero attached hydrogens (tertiary/aromatic N) is 2. The van der Waals surface area contributed by atoms with Crippen LogP contribution in [0, 0.1) is 30.6 Å². The van der Waals surface area contributed by atoms with E-state index in [1.807, 2.05) is 36.1 Å². The molecule has 2 aliphatic carbocycles. The molecular formula is C34H40N2O5. The number of rotatable bonds is 5. The molecule has 2 bridgehead atoms. The molecule has 6 rings (SSSR count). The number of esters is 1. The molecule has 7 nitrogen and oxygen atoms in total. The molecule has 41 heavy (non-hydrogen) atoms. The number of likely N-dealkylation sites (tertiary alicyclic amines) is 1. The van der Waals surface area contributed by atoms with Crippen molar-refractivity contribution in [3.63, 3.8) is 0 Å². The number of hydrogen-bond donors (Lipinski definition) is 0. The molecule has 2 aliphatic heterocycles. The van der Waals surface area contributed by atoms with Gasteiger partial charge in [0.15, 0.2) is 11.5 Å². The molecule has 1 amide bonds. The summed E-state index contributed by atoms with van der Waals surface area (Å²) >= 11 is 0. The first kappa shape index (κ1) is 27.7. The molecule has 1 saturated heterocycles. The number of amides is 1. The SMILES string of the molecule is COc1cc(OC(C)=O)c2c3c1O[C@H]1[C@@H](N(CC(C)C)C(=O)C#Cc4cccc(C)c4)CC[C@H]4[C@@H](C2)N(C)CC[C@@]341. The quantitative estimate of drug-likeness (QED) is 0.307. The molecule has 2 heterocycles. The van der Waals surface area contributed by atoms with Crippen molar-refractivity contribution in [1.82, 2.24) is 9.80 Å². The average Bonchev–Trinajstić information content (AvgIpc) is 3.27. The van der Waals surface area contributed by atoms with Gasteiger partial charge in [-0.05, 0) is 75.7 Å². The molecule has 5 atom stereocenters. The van der Waals surface area contributed by atoms with Crippen molar-refractivity contribution in [3.8, 4) is 29.1 Å². The van der Waals surface area contributed by atoms with E-state index in [0.29, 0.717) is 30.0 Å². The zero-order valence-corrected chi connectivity index (χ0v) is 25.0. The molecule has 0 N–H and O–H groups in total. The second kappa shape index (κ2) is 10.4. The molecular weight excluding hydrogens is 516 g/mol. The second-order valence-electron chi connectivity index (χ2n) is 12.7. The first-order valence-electron chi connectivity index (χ1n) is 14.8. The Morgan fingerprint density at radius 3 is 2.73 bits per heavy atom. The normalized spacial score (nSPS) is 27.3. The highest BCUT2D eigenvalue weighted by atomic mass is 16.5. The predicted molar refractivity (Wildman–Crippen MR) is 156 cm³/mol. The minimum absolute atomic E-state index is 0.128. The maximum absolute atomic E-state index is 13.9. The van der Waals surface area contributed by atoms with Gasteiger partial charge < -0.3 is 24.0 Å². The van der Waals surface area contributed by atoms with Crippen LogP contribution in [-0.4, -0.2) is 67.1 Å². The third-order valence-corrected chi connectivity index (χ3v) is 9.67. The van der Waals surface area contributed by atoms with Gasteiger partial charge in [0.25, 0.3) is 5.91 Å². The number of carbonyl (C=O) groups is 2. The Hall–Kier alpha value is -3.50. The van der Waals surface area contributed by atoms with Gasteiger partial charge in [0.2, 0.25) is 0 Å². The molecule has 0 radical (unpaired) electrons. The topological polar surface area (TPSA) is 68.3 Å². The Morgan fingerprint density at radius 2 is 2.02 bits per heavy atom. The van der Waals surface area contributed by atoms with Crippen LogP contribution in [-0.2, 0) is 21.4 Å². The molecule has 1 spiro atoms. The fourth-order valence-electron chi connectivity index (χ4n) is 8.15. The number of ether oxygens (including phenoxy) is 3. The number of piperidine rings is 1. The van der Waals surface area contributed by atoms with E-state index in [1.54, 1.807) is 13.2 Å². The van der Waals surface area contributed by atoms with Gasteiger partial charge in [-0.3, -0.25) is 9.59 Å². The van der Waals surface area contributed by atoms with Crippen molar-refractivity contribution in [3.05, 3.63) is 52.6 Å². The smallest absolute Gasteiger partial charge is 0.308 e. The van der Waals surface area contributed by atoms with E-state index >= 15 is 0 Å².